The van der Waals surface area contributed by atoms with E-state index >= 15 is 0 Å². The van der Waals surface area contributed by atoms with Crippen molar-refractivity contribution < 1.29 is 23.2 Å². The summed E-state index contributed by atoms with van der Waals surface area (Å²) in [6.07, 6.45) is -3.62. The number of nitrogens with zero attached hydrogens (tertiary/aromatic N) is 2. The van der Waals surface area contributed by atoms with Crippen molar-refractivity contribution in [3.63, 3.8) is 0 Å². The van der Waals surface area contributed by atoms with Crippen LogP contribution in [-0.2, 0) is 6.18 Å². The number of phenolic OH excluding ortho intramolecular Hbond substituents is 1. The fourth-order valence-corrected chi connectivity index (χ4v) is 1.72. The van der Waals surface area contributed by atoms with Crippen molar-refractivity contribution in [2.45, 2.75) is 6.18 Å². The van der Waals surface area contributed by atoms with E-state index in [1.807, 2.05) is 0 Å². The van der Waals surface area contributed by atoms with Gasteiger partial charge in [-0.1, -0.05) is 12.1 Å². The van der Waals surface area contributed by atoms with Gasteiger partial charge < -0.3 is 5.11 Å². The number of halogens is 3. The summed E-state index contributed by atoms with van der Waals surface area (Å²) >= 11 is 0. The van der Waals surface area contributed by atoms with E-state index in [4.69, 9.17) is 0 Å². The minimum absolute atomic E-state index is 0.0498. The van der Waals surface area contributed by atoms with E-state index in [2.05, 4.69) is 4.99 Å². The van der Waals surface area contributed by atoms with Crippen LogP contribution < -0.4 is 0 Å². The Kier molecular flexibility index (Phi) is 4.11. The molecule has 0 radical (unpaired) electrons. The number of para-hydroxylation sites is 1. The summed E-state index contributed by atoms with van der Waals surface area (Å²) in [7, 11) is 0. The van der Waals surface area contributed by atoms with Crippen molar-refractivity contribution in [2.24, 2.45) is 4.99 Å². The Morgan fingerprint density at radius 2 is 1.86 bits per heavy atom. The van der Waals surface area contributed by atoms with Gasteiger partial charge in [0.25, 0.3) is 5.69 Å². The first-order valence-corrected chi connectivity index (χ1v) is 5.97. The van der Waals surface area contributed by atoms with Crippen LogP contribution >= 0.6 is 0 Å². The van der Waals surface area contributed by atoms with Crippen LogP contribution in [0, 0.1) is 10.1 Å². The van der Waals surface area contributed by atoms with E-state index in [9.17, 15) is 28.4 Å². The molecule has 2 aromatic carbocycles. The number of benzene rings is 2. The zero-order valence-electron chi connectivity index (χ0n) is 10.9. The highest BCUT2D eigenvalue weighted by molar-refractivity contribution is 5.86. The number of aliphatic imine (C=N–C) groups is 1. The van der Waals surface area contributed by atoms with Crippen LogP contribution in [0.1, 0.15) is 11.1 Å². The molecule has 0 saturated heterocycles. The first-order valence-electron chi connectivity index (χ1n) is 5.97. The molecule has 0 unspecified atom stereocenters. The number of phenols is 1. The average molecular weight is 310 g/mol. The van der Waals surface area contributed by atoms with Gasteiger partial charge in [-0.2, -0.15) is 13.2 Å². The van der Waals surface area contributed by atoms with Crippen molar-refractivity contribution in [3.05, 3.63) is 63.7 Å². The fraction of sp³-hybridized carbons (Fsp3) is 0.0714. The Labute approximate surface area is 122 Å². The number of non-ortho nitro benzene ring substituents is 1. The van der Waals surface area contributed by atoms with Crippen LogP contribution in [0.3, 0.4) is 0 Å². The second-order valence-electron chi connectivity index (χ2n) is 4.27. The minimum Gasteiger partial charge on any atom is -0.507 e. The smallest absolute Gasteiger partial charge is 0.418 e. The number of hydrogen-bond acceptors (Lipinski definition) is 4. The molecular formula is C14H9F3N2O3. The molecule has 1 N–H and O–H groups in total. The normalized spacial score (nSPS) is 11.8. The Balaban J connectivity index is 2.42. The topological polar surface area (TPSA) is 75.7 Å². The summed E-state index contributed by atoms with van der Waals surface area (Å²) in [6, 6.07) is 7.83. The molecule has 0 atom stereocenters. The quantitative estimate of drug-likeness (QED) is 0.527. The summed E-state index contributed by atoms with van der Waals surface area (Å²) in [5, 5.41) is 20.2. The SMILES string of the molecule is O=[N+]([O-])c1ccc(O)c(/C=N/c2ccccc2C(F)(F)F)c1. The zero-order chi connectivity index (χ0) is 16.3. The van der Waals surface area contributed by atoms with E-state index < -0.39 is 16.7 Å². The number of nitro groups is 1. The molecule has 22 heavy (non-hydrogen) atoms. The molecule has 0 saturated carbocycles. The lowest BCUT2D eigenvalue weighted by molar-refractivity contribution is -0.384. The van der Waals surface area contributed by atoms with Crippen molar-refractivity contribution in [2.75, 3.05) is 0 Å². The van der Waals surface area contributed by atoms with Gasteiger partial charge in [-0.05, 0) is 18.2 Å². The van der Waals surface area contributed by atoms with E-state index in [1.165, 1.54) is 12.1 Å². The molecule has 2 aromatic rings. The third-order valence-electron chi connectivity index (χ3n) is 2.77. The Hall–Kier alpha value is -2.90. The number of rotatable bonds is 3. The first kappa shape index (κ1) is 15.5. The van der Waals surface area contributed by atoms with Crippen molar-refractivity contribution in [3.8, 4) is 5.75 Å². The molecule has 5 nitrogen and oxygen atoms in total. The maximum atomic E-state index is 12.8. The van der Waals surface area contributed by atoms with Gasteiger partial charge in [0.15, 0.2) is 0 Å². The molecular weight excluding hydrogens is 301 g/mol. The Morgan fingerprint density at radius 1 is 1.18 bits per heavy atom. The lowest BCUT2D eigenvalue weighted by Gasteiger charge is -2.09. The van der Waals surface area contributed by atoms with Crippen molar-refractivity contribution in [1.29, 1.82) is 0 Å². The molecule has 0 aliphatic heterocycles. The molecule has 0 aromatic heterocycles. The Bertz CT molecular complexity index is 742. The van der Waals surface area contributed by atoms with Gasteiger partial charge in [0.05, 0.1) is 16.2 Å². The van der Waals surface area contributed by atoms with Crippen LogP contribution in [0.15, 0.2) is 47.5 Å². The number of nitro benzene ring substituents is 1. The number of alkyl halides is 3. The lowest BCUT2D eigenvalue weighted by Crippen LogP contribution is -2.04. The highest BCUT2D eigenvalue weighted by Crippen LogP contribution is 2.36. The fourth-order valence-electron chi connectivity index (χ4n) is 1.72. The third-order valence-corrected chi connectivity index (χ3v) is 2.77. The summed E-state index contributed by atoms with van der Waals surface area (Å²) in [6.45, 7) is 0. The molecule has 0 heterocycles. The molecule has 0 spiro atoms. The van der Waals surface area contributed by atoms with Gasteiger partial charge in [0.1, 0.15) is 5.75 Å². The Morgan fingerprint density at radius 3 is 2.50 bits per heavy atom. The van der Waals surface area contributed by atoms with Crippen LogP contribution in [0.25, 0.3) is 0 Å². The average Bonchev–Trinajstić information content (AvgIpc) is 2.45. The molecule has 8 heteroatoms. The second kappa shape index (κ2) is 5.84. The molecule has 0 bridgehead atoms. The van der Waals surface area contributed by atoms with Gasteiger partial charge in [-0.25, -0.2) is 0 Å². The van der Waals surface area contributed by atoms with Gasteiger partial charge in [-0.3, -0.25) is 15.1 Å². The third kappa shape index (κ3) is 3.40. The monoisotopic (exact) mass is 310 g/mol. The maximum Gasteiger partial charge on any atom is 0.418 e. The predicted octanol–water partition coefficient (Wildman–Crippen LogP) is 4.07. The standard InChI is InChI=1S/C14H9F3N2O3/c15-14(16,17)11-3-1-2-4-12(11)18-8-9-7-10(19(21)22)5-6-13(9)20/h1-8,20H/b18-8+. The number of hydrogen-bond donors (Lipinski definition) is 1. The van der Waals surface area contributed by atoms with Gasteiger partial charge >= 0.3 is 6.18 Å². The summed E-state index contributed by atoms with van der Waals surface area (Å²) in [5.41, 5.74) is -1.63. The van der Waals surface area contributed by atoms with Crippen molar-refractivity contribution in [1.82, 2.24) is 0 Å². The largest absolute Gasteiger partial charge is 0.507 e. The molecule has 0 fully saturated rings. The van der Waals surface area contributed by atoms with E-state index in [1.54, 1.807) is 0 Å². The predicted molar refractivity (Wildman–Crippen MR) is 73.5 cm³/mol. The summed E-state index contributed by atoms with van der Waals surface area (Å²) in [5.74, 6) is -0.321. The highest BCUT2D eigenvalue weighted by Gasteiger charge is 2.33. The lowest BCUT2D eigenvalue weighted by atomic mass is 10.1. The van der Waals surface area contributed by atoms with Gasteiger partial charge in [0, 0.05) is 23.9 Å². The van der Waals surface area contributed by atoms with E-state index in [0.717, 1.165) is 36.5 Å². The van der Waals surface area contributed by atoms with E-state index in [0.29, 0.717) is 0 Å². The van der Waals surface area contributed by atoms with Gasteiger partial charge in [-0.15, -0.1) is 0 Å². The highest BCUT2D eigenvalue weighted by atomic mass is 19.4. The summed E-state index contributed by atoms with van der Waals surface area (Å²) in [4.78, 5) is 13.7. The van der Waals surface area contributed by atoms with Crippen LogP contribution in [-0.4, -0.2) is 16.2 Å². The molecule has 0 aliphatic rings. The molecule has 0 aliphatic carbocycles. The second-order valence-corrected chi connectivity index (χ2v) is 4.27. The van der Waals surface area contributed by atoms with Gasteiger partial charge in [0.2, 0.25) is 0 Å². The van der Waals surface area contributed by atoms with E-state index in [-0.39, 0.29) is 22.7 Å². The number of aromatic hydroxyl groups is 1. The van der Waals surface area contributed by atoms with Crippen molar-refractivity contribution >= 4 is 17.6 Å². The van der Waals surface area contributed by atoms with Crippen LogP contribution in [0.5, 0.6) is 5.75 Å². The van der Waals surface area contributed by atoms with Crippen LogP contribution in [0.2, 0.25) is 0 Å². The molecule has 0 amide bonds. The first-order chi connectivity index (χ1) is 10.3. The molecule has 114 valence electrons. The summed E-state index contributed by atoms with van der Waals surface area (Å²) < 4.78 is 38.4. The maximum absolute atomic E-state index is 12.8. The minimum atomic E-state index is -4.57. The van der Waals surface area contributed by atoms with Crippen LogP contribution in [0.4, 0.5) is 24.5 Å². The zero-order valence-corrected chi connectivity index (χ0v) is 10.9. The molecule has 2 rings (SSSR count).